The standard InChI is InChI=1S/C18H12N4O4S2/c1-27-18-21-17(28-22-18)20-15(23)12(9-19)8-13-6-7-14(26-13)10-2-4-11(5-3-10)16(24)25/h2-8H,1H3,(H,24,25)(H,20,21,22,23)/b12-8-. The van der Waals surface area contributed by atoms with Gasteiger partial charge in [-0.25, -0.2) is 4.79 Å². The number of thioether (sulfide) groups is 1. The molecular formula is C18H12N4O4S2. The highest BCUT2D eigenvalue weighted by atomic mass is 32.2. The van der Waals surface area contributed by atoms with E-state index in [0.717, 1.165) is 11.5 Å². The number of benzene rings is 1. The maximum Gasteiger partial charge on any atom is 0.335 e. The number of hydrogen-bond donors (Lipinski definition) is 2. The van der Waals surface area contributed by atoms with Crippen LogP contribution in [0.3, 0.4) is 0 Å². The van der Waals surface area contributed by atoms with Gasteiger partial charge in [-0.2, -0.15) is 14.6 Å². The van der Waals surface area contributed by atoms with Gasteiger partial charge in [0, 0.05) is 23.2 Å². The largest absolute Gasteiger partial charge is 0.478 e. The summed E-state index contributed by atoms with van der Waals surface area (Å²) in [5.74, 6) is -0.838. The Labute approximate surface area is 167 Å². The molecule has 3 aromatic rings. The average Bonchev–Trinajstić information content (AvgIpc) is 3.35. The molecule has 0 saturated heterocycles. The number of carbonyl (C=O) groups is 2. The van der Waals surface area contributed by atoms with E-state index in [1.807, 2.05) is 12.3 Å². The highest BCUT2D eigenvalue weighted by Crippen LogP contribution is 2.24. The van der Waals surface area contributed by atoms with Crippen LogP contribution >= 0.6 is 23.3 Å². The summed E-state index contributed by atoms with van der Waals surface area (Å²) in [7, 11) is 0. The Balaban J connectivity index is 1.76. The molecule has 0 fully saturated rings. The Kier molecular flexibility index (Phi) is 5.88. The number of rotatable bonds is 6. The van der Waals surface area contributed by atoms with Crippen LogP contribution in [-0.2, 0) is 4.79 Å². The van der Waals surface area contributed by atoms with E-state index >= 15 is 0 Å². The average molecular weight is 412 g/mol. The minimum atomic E-state index is -1.01. The maximum atomic E-state index is 12.3. The summed E-state index contributed by atoms with van der Waals surface area (Å²) < 4.78 is 9.67. The molecule has 0 aliphatic rings. The van der Waals surface area contributed by atoms with Crippen LogP contribution in [0.2, 0.25) is 0 Å². The molecule has 0 radical (unpaired) electrons. The minimum Gasteiger partial charge on any atom is -0.478 e. The Morgan fingerprint density at radius 3 is 2.64 bits per heavy atom. The van der Waals surface area contributed by atoms with Crippen molar-refractivity contribution in [1.29, 1.82) is 5.26 Å². The molecule has 0 saturated carbocycles. The molecule has 2 N–H and O–H groups in total. The van der Waals surface area contributed by atoms with E-state index in [-0.39, 0.29) is 11.1 Å². The molecule has 0 unspecified atom stereocenters. The zero-order valence-corrected chi connectivity index (χ0v) is 16.0. The van der Waals surface area contributed by atoms with Crippen molar-refractivity contribution < 1.29 is 19.1 Å². The molecule has 0 aliphatic heterocycles. The van der Waals surface area contributed by atoms with Gasteiger partial charge in [-0.3, -0.25) is 10.1 Å². The van der Waals surface area contributed by atoms with E-state index in [4.69, 9.17) is 9.52 Å². The Bertz CT molecular complexity index is 1090. The first kappa shape index (κ1) is 19.3. The van der Waals surface area contributed by atoms with Gasteiger partial charge in [-0.15, -0.1) is 0 Å². The van der Waals surface area contributed by atoms with Crippen LogP contribution in [0.1, 0.15) is 16.1 Å². The van der Waals surface area contributed by atoms with E-state index in [9.17, 15) is 14.9 Å². The summed E-state index contributed by atoms with van der Waals surface area (Å²) in [6.07, 6.45) is 3.14. The van der Waals surface area contributed by atoms with E-state index in [2.05, 4.69) is 14.7 Å². The number of amides is 1. The fourth-order valence-corrected chi connectivity index (χ4v) is 3.28. The van der Waals surface area contributed by atoms with Crippen molar-refractivity contribution in [3.63, 3.8) is 0 Å². The molecule has 140 valence electrons. The first-order chi connectivity index (χ1) is 13.5. The Hall–Kier alpha value is -3.42. The topological polar surface area (TPSA) is 129 Å². The predicted octanol–water partition coefficient (Wildman–Crippen LogP) is 3.76. The number of aromatic carboxylic acids is 1. The number of nitriles is 1. The van der Waals surface area contributed by atoms with Crippen LogP contribution < -0.4 is 5.32 Å². The zero-order chi connectivity index (χ0) is 20.1. The van der Waals surface area contributed by atoms with Gasteiger partial charge in [0.1, 0.15) is 23.2 Å². The van der Waals surface area contributed by atoms with Gasteiger partial charge in [-0.1, -0.05) is 23.9 Å². The smallest absolute Gasteiger partial charge is 0.335 e. The van der Waals surface area contributed by atoms with Crippen LogP contribution in [0.5, 0.6) is 0 Å². The van der Waals surface area contributed by atoms with Gasteiger partial charge in [0.25, 0.3) is 5.91 Å². The number of hydrogen-bond acceptors (Lipinski definition) is 8. The summed E-state index contributed by atoms with van der Waals surface area (Å²) in [5.41, 5.74) is 0.689. The number of carboxylic acids is 1. The molecule has 1 amide bonds. The molecule has 28 heavy (non-hydrogen) atoms. The van der Waals surface area contributed by atoms with Crippen molar-refractivity contribution in [3.8, 4) is 17.4 Å². The first-order valence-electron chi connectivity index (χ1n) is 7.74. The van der Waals surface area contributed by atoms with Gasteiger partial charge in [0.2, 0.25) is 10.3 Å². The van der Waals surface area contributed by atoms with Crippen LogP contribution in [0, 0.1) is 11.3 Å². The third-order valence-corrected chi connectivity index (χ3v) is 4.80. The van der Waals surface area contributed by atoms with Crippen LogP contribution in [0.4, 0.5) is 5.13 Å². The summed E-state index contributed by atoms with van der Waals surface area (Å²) in [5, 5.41) is 21.6. The van der Waals surface area contributed by atoms with Crippen molar-refractivity contribution in [2.45, 2.75) is 5.16 Å². The van der Waals surface area contributed by atoms with Crippen molar-refractivity contribution in [1.82, 2.24) is 9.36 Å². The molecule has 0 aliphatic carbocycles. The lowest BCUT2D eigenvalue weighted by atomic mass is 10.1. The second-order valence-electron chi connectivity index (χ2n) is 5.29. The lowest BCUT2D eigenvalue weighted by Crippen LogP contribution is -2.13. The first-order valence-corrected chi connectivity index (χ1v) is 9.74. The van der Waals surface area contributed by atoms with Gasteiger partial charge >= 0.3 is 5.97 Å². The van der Waals surface area contributed by atoms with Gasteiger partial charge < -0.3 is 9.52 Å². The normalized spacial score (nSPS) is 11.1. The number of furan rings is 1. The summed E-state index contributed by atoms with van der Waals surface area (Å²) in [4.78, 5) is 27.3. The third kappa shape index (κ3) is 4.46. The fraction of sp³-hybridized carbons (Fsp3) is 0.0556. The third-order valence-electron chi connectivity index (χ3n) is 3.51. The second-order valence-corrected chi connectivity index (χ2v) is 6.82. The van der Waals surface area contributed by atoms with Crippen molar-refractivity contribution in [2.24, 2.45) is 0 Å². The number of carbonyl (C=O) groups excluding carboxylic acids is 1. The molecule has 0 bridgehead atoms. The Morgan fingerprint density at radius 2 is 2.04 bits per heavy atom. The van der Waals surface area contributed by atoms with Crippen LogP contribution in [0.15, 0.2) is 51.5 Å². The SMILES string of the molecule is CSc1nsc(NC(=O)/C(C#N)=C\c2ccc(-c3ccc(C(=O)O)cc3)o2)n1. The zero-order valence-electron chi connectivity index (χ0n) is 14.4. The van der Waals surface area contributed by atoms with Gasteiger partial charge in [0.15, 0.2) is 0 Å². The molecule has 2 aromatic heterocycles. The van der Waals surface area contributed by atoms with E-state index in [1.165, 1.54) is 30.0 Å². The second kappa shape index (κ2) is 8.51. The van der Waals surface area contributed by atoms with Crippen molar-refractivity contribution >= 4 is 46.4 Å². The number of nitrogens with zero attached hydrogens (tertiary/aromatic N) is 3. The van der Waals surface area contributed by atoms with Crippen LogP contribution in [0.25, 0.3) is 17.4 Å². The molecule has 3 rings (SSSR count). The fourth-order valence-electron chi connectivity index (χ4n) is 2.16. The minimum absolute atomic E-state index is 0.150. The summed E-state index contributed by atoms with van der Waals surface area (Å²) in [6.45, 7) is 0. The number of nitrogens with one attached hydrogen (secondary N) is 1. The molecule has 10 heteroatoms. The number of anilines is 1. The van der Waals surface area contributed by atoms with Gasteiger partial charge in [-0.05, 0) is 30.5 Å². The predicted molar refractivity (Wildman–Crippen MR) is 105 cm³/mol. The molecule has 8 nitrogen and oxygen atoms in total. The molecular weight excluding hydrogens is 400 g/mol. The monoisotopic (exact) mass is 412 g/mol. The Morgan fingerprint density at radius 1 is 1.29 bits per heavy atom. The van der Waals surface area contributed by atoms with Crippen LogP contribution in [-0.4, -0.2) is 32.6 Å². The molecule has 2 heterocycles. The molecule has 1 aromatic carbocycles. The van der Waals surface area contributed by atoms with E-state index in [0.29, 0.717) is 27.4 Å². The summed E-state index contributed by atoms with van der Waals surface area (Å²) in [6, 6.07) is 11.3. The lowest BCUT2D eigenvalue weighted by molar-refractivity contribution is -0.112. The number of carboxylic acid groups (broad SMARTS) is 1. The number of aromatic nitrogens is 2. The van der Waals surface area contributed by atoms with Crippen molar-refractivity contribution in [3.05, 3.63) is 53.3 Å². The van der Waals surface area contributed by atoms with E-state index < -0.39 is 11.9 Å². The quantitative estimate of drug-likeness (QED) is 0.356. The highest BCUT2D eigenvalue weighted by molar-refractivity contribution is 7.98. The molecule has 0 spiro atoms. The highest BCUT2D eigenvalue weighted by Gasteiger charge is 2.14. The maximum absolute atomic E-state index is 12.3. The van der Waals surface area contributed by atoms with E-state index in [1.54, 1.807) is 24.3 Å². The lowest BCUT2D eigenvalue weighted by Gasteiger charge is -1.99. The summed E-state index contributed by atoms with van der Waals surface area (Å²) >= 11 is 2.37. The van der Waals surface area contributed by atoms with Gasteiger partial charge in [0.05, 0.1) is 5.56 Å². The van der Waals surface area contributed by atoms with Crippen molar-refractivity contribution in [2.75, 3.05) is 11.6 Å². The molecule has 0 atom stereocenters.